The molecule has 1 aromatic rings. The summed E-state index contributed by atoms with van der Waals surface area (Å²) >= 11 is 6.34. The first-order valence-corrected chi connectivity index (χ1v) is 8.82. The summed E-state index contributed by atoms with van der Waals surface area (Å²) in [5.41, 5.74) is 1.83. The zero-order valence-electron chi connectivity index (χ0n) is 14.2. The number of hydrogen-bond donors (Lipinski definition) is 1. The highest BCUT2D eigenvalue weighted by atomic mass is 35.5. The second-order valence-electron chi connectivity index (χ2n) is 6.08. The molecule has 0 saturated carbocycles. The average molecular weight is 350 g/mol. The third-order valence-corrected chi connectivity index (χ3v) is 4.74. The van der Waals surface area contributed by atoms with Crippen molar-refractivity contribution in [1.29, 1.82) is 0 Å². The van der Waals surface area contributed by atoms with Crippen LogP contribution in [0.4, 0.5) is 5.69 Å². The Balaban J connectivity index is 2.20. The molecule has 0 radical (unpaired) electrons. The van der Waals surface area contributed by atoms with Gasteiger partial charge in [0.15, 0.2) is 5.78 Å². The number of ketones is 1. The van der Waals surface area contributed by atoms with Gasteiger partial charge in [-0.3, -0.25) is 4.79 Å². The minimum Gasteiger partial charge on any atom is -0.465 e. The summed E-state index contributed by atoms with van der Waals surface area (Å²) in [6.07, 6.45) is 7.69. The van der Waals surface area contributed by atoms with Crippen LogP contribution < -0.4 is 5.32 Å². The number of rotatable bonds is 7. The molecule has 1 aliphatic carbocycles. The van der Waals surface area contributed by atoms with Crippen molar-refractivity contribution < 1.29 is 14.3 Å². The number of unbranched alkanes of at least 4 members (excludes halogenated alkanes) is 2. The number of methoxy groups -OCH3 is 1. The van der Waals surface area contributed by atoms with E-state index in [1.807, 2.05) is 0 Å². The molecule has 2 rings (SSSR count). The first-order chi connectivity index (χ1) is 11.6. The van der Waals surface area contributed by atoms with Crippen LogP contribution in [0.15, 0.2) is 30.0 Å². The van der Waals surface area contributed by atoms with Gasteiger partial charge < -0.3 is 10.1 Å². The molecule has 0 fully saturated rings. The lowest BCUT2D eigenvalue weighted by atomic mass is 9.87. The molecule has 0 bridgehead atoms. The van der Waals surface area contributed by atoms with Gasteiger partial charge in [0, 0.05) is 18.2 Å². The molecule has 4 nitrogen and oxygen atoms in total. The van der Waals surface area contributed by atoms with Crippen LogP contribution in [0, 0.1) is 5.92 Å². The number of benzene rings is 1. The summed E-state index contributed by atoms with van der Waals surface area (Å²) in [6, 6.07) is 5.17. The molecule has 1 unspecified atom stereocenters. The van der Waals surface area contributed by atoms with E-state index < -0.39 is 5.97 Å². The van der Waals surface area contributed by atoms with Crippen molar-refractivity contribution in [1.82, 2.24) is 0 Å². The van der Waals surface area contributed by atoms with E-state index in [1.54, 1.807) is 24.3 Å². The minimum absolute atomic E-state index is 0.129. The predicted molar refractivity (Wildman–Crippen MR) is 96.4 cm³/mol. The van der Waals surface area contributed by atoms with Gasteiger partial charge in [-0.1, -0.05) is 43.9 Å². The van der Waals surface area contributed by atoms with Gasteiger partial charge in [-0.25, -0.2) is 4.79 Å². The summed E-state index contributed by atoms with van der Waals surface area (Å²) < 4.78 is 4.75. The van der Waals surface area contributed by atoms with Gasteiger partial charge in [0.2, 0.25) is 0 Å². The topological polar surface area (TPSA) is 55.4 Å². The Morgan fingerprint density at radius 2 is 2.17 bits per heavy atom. The highest BCUT2D eigenvalue weighted by Crippen LogP contribution is 2.33. The second kappa shape index (κ2) is 8.88. The number of nitrogens with one attached hydrogen (secondary N) is 1. The number of allylic oxidation sites excluding steroid dienone is 2. The maximum Gasteiger partial charge on any atom is 0.339 e. The van der Waals surface area contributed by atoms with Crippen LogP contribution >= 0.6 is 11.6 Å². The monoisotopic (exact) mass is 349 g/mol. The number of carbonyl (C=O) groups is 2. The highest BCUT2D eigenvalue weighted by molar-refractivity contribution is 6.36. The summed E-state index contributed by atoms with van der Waals surface area (Å²) in [4.78, 5) is 23.6. The maximum atomic E-state index is 11.8. The van der Waals surface area contributed by atoms with E-state index in [0.29, 0.717) is 28.6 Å². The summed E-state index contributed by atoms with van der Waals surface area (Å²) in [6.45, 7) is 2.18. The third-order valence-electron chi connectivity index (χ3n) is 4.33. The molecular formula is C19H24ClNO3. The summed E-state index contributed by atoms with van der Waals surface area (Å²) in [5, 5.41) is 3.59. The summed E-state index contributed by atoms with van der Waals surface area (Å²) in [7, 11) is 1.32. The van der Waals surface area contributed by atoms with Gasteiger partial charge in [-0.2, -0.15) is 0 Å². The van der Waals surface area contributed by atoms with Gasteiger partial charge >= 0.3 is 5.97 Å². The SMILES string of the molecule is CCCCCC1CCC(=O)C=C1Nc1cccc(C(=O)OC)c1Cl. The van der Waals surface area contributed by atoms with Crippen molar-refractivity contribution in [3.05, 3.63) is 40.6 Å². The Morgan fingerprint density at radius 1 is 1.38 bits per heavy atom. The molecule has 1 aliphatic rings. The zero-order valence-corrected chi connectivity index (χ0v) is 15.0. The lowest BCUT2D eigenvalue weighted by Gasteiger charge is -2.25. The van der Waals surface area contributed by atoms with Crippen molar-refractivity contribution >= 4 is 29.0 Å². The number of ether oxygens (including phenoxy) is 1. The van der Waals surface area contributed by atoms with Crippen LogP contribution in [0.5, 0.6) is 0 Å². The predicted octanol–water partition coefficient (Wildman–Crippen LogP) is 4.98. The third kappa shape index (κ3) is 4.60. The first kappa shape index (κ1) is 18.5. The quantitative estimate of drug-likeness (QED) is 0.557. The second-order valence-corrected chi connectivity index (χ2v) is 6.46. The van der Waals surface area contributed by atoms with Gasteiger partial charge in [0.1, 0.15) is 0 Å². The van der Waals surface area contributed by atoms with Gasteiger partial charge in [0.05, 0.1) is 23.4 Å². The molecule has 0 amide bonds. The van der Waals surface area contributed by atoms with E-state index in [0.717, 1.165) is 25.0 Å². The minimum atomic E-state index is -0.475. The van der Waals surface area contributed by atoms with Gasteiger partial charge in [0.25, 0.3) is 0 Å². The Labute approximate surface area is 148 Å². The molecular weight excluding hydrogens is 326 g/mol. The largest absolute Gasteiger partial charge is 0.465 e. The van der Waals surface area contributed by atoms with Gasteiger partial charge in [-0.15, -0.1) is 0 Å². The van der Waals surface area contributed by atoms with Crippen molar-refractivity contribution in [2.45, 2.75) is 45.4 Å². The van der Waals surface area contributed by atoms with Gasteiger partial charge in [-0.05, 0) is 30.9 Å². The normalized spacial score (nSPS) is 17.4. The fraction of sp³-hybridized carbons (Fsp3) is 0.474. The Kier molecular flexibility index (Phi) is 6.85. The van der Waals surface area contributed by atoms with Crippen LogP contribution in [-0.2, 0) is 9.53 Å². The molecule has 130 valence electrons. The number of carbonyl (C=O) groups excluding carboxylic acids is 2. The Morgan fingerprint density at radius 3 is 2.88 bits per heavy atom. The fourth-order valence-corrected chi connectivity index (χ4v) is 3.22. The number of anilines is 1. The van der Waals surface area contributed by atoms with E-state index in [9.17, 15) is 9.59 Å². The standard InChI is InChI=1S/C19H24ClNO3/c1-3-4-5-7-13-10-11-14(22)12-17(13)21-16-9-6-8-15(18(16)20)19(23)24-2/h6,8-9,12-13,21H,3-5,7,10-11H2,1-2H3. The van der Waals surface area contributed by atoms with Crippen LogP contribution in [-0.4, -0.2) is 18.9 Å². The molecule has 0 aliphatic heterocycles. The Hall–Kier alpha value is -1.81. The molecule has 0 saturated heterocycles. The molecule has 1 N–H and O–H groups in total. The number of halogens is 1. The lowest BCUT2D eigenvalue weighted by Crippen LogP contribution is -2.20. The van der Waals surface area contributed by atoms with Crippen molar-refractivity contribution in [3.8, 4) is 0 Å². The van der Waals surface area contributed by atoms with Crippen molar-refractivity contribution in [3.63, 3.8) is 0 Å². The Bertz CT molecular complexity index is 639. The molecule has 0 heterocycles. The van der Waals surface area contributed by atoms with E-state index in [2.05, 4.69) is 12.2 Å². The molecule has 24 heavy (non-hydrogen) atoms. The first-order valence-electron chi connectivity index (χ1n) is 8.45. The van der Waals surface area contributed by atoms with E-state index >= 15 is 0 Å². The smallest absolute Gasteiger partial charge is 0.339 e. The van der Waals surface area contributed by atoms with Crippen LogP contribution in [0.25, 0.3) is 0 Å². The van der Waals surface area contributed by atoms with E-state index in [1.165, 1.54) is 20.0 Å². The molecule has 1 atom stereocenters. The van der Waals surface area contributed by atoms with Crippen LogP contribution in [0.2, 0.25) is 5.02 Å². The van der Waals surface area contributed by atoms with Crippen LogP contribution in [0.3, 0.4) is 0 Å². The lowest BCUT2D eigenvalue weighted by molar-refractivity contribution is -0.115. The molecule has 1 aromatic carbocycles. The van der Waals surface area contributed by atoms with Crippen molar-refractivity contribution in [2.75, 3.05) is 12.4 Å². The molecule has 0 aromatic heterocycles. The van der Waals surface area contributed by atoms with E-state index in [4.69, 9.17) is 16.3 Å². The number of esters is 1. The average Bonchev–Trinajstić information content (AvgIpc) is 2.58. The molecule has 0 spiro atoms. The highest BCUT2D eigenvalue weighted by Gasteiger charge is 2.23. The van der Waals surface area contributed by atoms with Crippen molar-refractivity contribution in [2.24, 2.45) is 5.92 Å². The van der Waals surface area contributed by atoms with E-state index in [-0.39, 0.29) is 5.78 Å². The fourth-order valence-electron chi connectivity index (χ4n) is 2.97. The summed E-state index contributed by atoms with van der Waals surface area (Å²) in [5.74, 6) is -0.0200. The molecule has 5 heteroatoms. The van der Waals surface area contributed by atoms with Crippen LogP contribution in [0.1, 0.15) is 55.8 Å². The zero-order chi connectivity index (χ0) is 17.5. The maximum absolute atomic E-state index is 11.8. The number of hydrogen-bond acceptors (Lipinski definition) is 4.